The van der Waals surface area contributed by atoms with Gasteiger partial charge < -0.3 is 5.32 Å². The number of nitrogens with one attached hydrogen (secondary N) is 1. The predicted molar refractivity (Wildman–Crippen MR) is 106 cm³/mol. The smallest absolute Gasteiger partial charge is 0.236 e. The first-order valence-electron chi connectivity index (χ1n) is 8.27. The van der Waals surface area contributed by atoms with Gasteiger partial charge in [0.05, 0.1) is 11.4 Å². The molecule has 0 spiro atoms. The summed E-state index contributed by atoms with van der Waals surface area (Å²) in [7, 11) is 0. The summed E-state index contributed by atoms with van der Waals surface area (Å²) < 4.78 is 28.2. The van der Waals surface area contributed by atoms with Gasteiger partial charge in [0.15, 0.2) is 5.13 Å². The second-order valence-electron chi connectivity index (χ2n) is 5.71. The monoisotopic (exact) mass is 430 g/mol. The van der Waals surface area contributed by atoms with Crippen LogP contribution in [0.2, 0.25) is 0 Å². The number of carbonyl (C=O) groups excluding carboxylic acids is 1. The van der Waals surface area contributed by atoms with Gasteiger partial charge in [-0.1, -0.05) is 23.9 Å². The Morgan fingerprint density at radius 1 is 1.14 bits per heavy atom. The van der Waals surface area contributed by atoms with Crippen LogP contribution in [0.4, 0.5) is 13.9 Å². The van der Waals surface area contributed by atoms with Gasteiger partial charge in [-0.15, -0.1) is 16.4 Å². The largest absolute Gasteiger partial charge is 0.301 e. The number of carbonyl (C=O) groups is 1. The lowest BCUT2D eigenvalue weighted by molar-refractivity contribution is -0.113. The average molecular weight is 430 g/mol. The van der Waals surface area contributed by atoms with E-state index in [1.807, 2.05) is 0 Å². The molecule has 0 aliphatic carbocycles. The number of thiazole rings is 1. The van der Waals surface area contributed by atoms with Gasteiger partial charge in [0.1, 0.15) is 17.3 Å². The number of amides is 1. The van der Waals surface area contributed by atoms with Crippen molar-refractivity contribution in [2.75, 3.05) is 11.1 Å². The molecule has 11 heteroatoms. The molecule has 0 atom stereocenters. The minimum absolute atomic E-state index is 0.0142. The summed E-state index contributed by atoms with van der Waals surface area (Å²) in [4.78, 5) is 16.6. The van der Waals surface area contributed by atoms with Gasteiger partial charge in [0, 0.05) is 10.9 Å². The zero-order chi connectivity index (χ0) is 20.2. The number of para-hydroxylation sites is 1. The third-order valence-corrected chi connectivity index (χ3v) is 5.42. The Hall–Kier alpha value is -3.18. The van der Waals surface area contributed by atoms with Crippen LogP contribution in [0.15, 0.2) is 59.1 Å². The Morgan fingerprint density at radius 2 is 1.93 bits per heavy atom. The van der Waals surface area contributed by atoms with Crippen molar-refractivity contribution < 1.29 is 13.6 Å². The zero-order valence-corrected chi connectivity index (χ0v) is 16.3. The highest BCUT2D eigenvalue weighted by Crippen LogP contribution is 2.26. The second-order valence-corrected chi connectivity index (χ2v) is 7.51. The van der Waals surface area contributed by atoms with Gasteiger partial charge in [-0.05, 0) is 46.8 Å². The summed E-state index contributed by atoms with van der Waals surface area (Å²) in [6.07, 6.45) is 0. The third-order valence-electron chi connectivity index (χ3n) is 3.74. The van der Waals surface area contributed by atoms with Crippen molar-refractivity contribution in [2.45, 2.75) is 5.16 Å². The summed E-state index contributed by atoms with van der Waals surface area (Å²) in [6, 6.07) is 12.0. The maximum absolute atomic E-state index is 14.0. The van der Waals surface area contributed by atoms with Crippen LogP contribution >= 0.6 is 23.1 Å². The zero-order valence-electron chi connectivity index (χ0n) is 14.6. The molecule has 0 saturated heterocycles. The van der Waals surface area contributed by atoms with E-state index in [0.29, 0.717) is 10.8 Å². The number of tetrazole rings is 1. The van der Waals surface area contributed by atoms with Crippen LogP contribution in [0.5, 0.6) is 0 Å². The Bertz CT molecular complexity index is 1150. The van der Waals surface area contributed by atoms with Gasteiger partial charge in [0.2, 0.25) is 11.1 Å². The fourth-order valence-corrected chi connectivity index (χ4v) is 3.83. The molecule has 2 aromatic carbocycles. The molecule has 4 aromatic rings. The Morgan fingerprint density at radius 3 is 2.72 bits per heavy atom. The van der Waals surface area contributed by atoms with Crippen LogP contribution in [-0.4, -0.2) is 36.9 Å². The highest BCUT2D eigenvalue weighted by molar-refractivity contribution is 7.99. The van der Waals surface area contributed by atoms with Crippen molar-refractivity contribution in [3.8, 4) is 16.9 Å². The van der Waals surface area contributed by atoms with Crippen LogP contribution in [0, 0.1) is 11.6 Å². The van der Waals surface area contributed by atoms with Crippen molar-refractivity contribution in [1.82, 2.24) is 25.2 Å². The fraction of sp³-hybridized carbons (Fsp3) is 0.0556. The first-order chi connectivity index (χ1) is 14.1. The minimum Gasteiger partial charge on any atom is -0.301 e. The number of halogens is 2. The number of aromatic nitrogens is 5. The SMILES string of the molecule is O=C(CSc1nnnn1-c1ccccc1F)Nc1nc(-c2ccc(F)cc2)cs1. The molecule has 0 unspecified atom stereocenters. The average Bonchev–Trinajstić information content (AvgIpc) is 3.37. The summed E-state index contributed by atoms with van der Waals surface area (Å²) in [5.74, 6) is -1.09. The number of hydrogen-bond acceptors (Lipinski definition) is 7. The normalized spacial score (nSPS) is 10.8. The number of thioether (sulfide) groups is 1. The topological polar surface area (TPSA) is 85.6 Å². The van der Waals surface area contributed by atoms with Crippen LogP contribution in [0.1, 0.15) is 0 Å². The molecule has 0 fully saturated rings. The Kier molecular flexibility index (Phi) is 5.58. The lowest BCUT2D eigenvalue weighted by Gasteiger charge is -2.05. The molecule has 0 saturated carbocycles. The van der Waals surface area contributed by atoms with Crippen molar-refractivity contribution in [2.24, 2.45) is 0 Å². The van der Waals surface area contributed by atoms with E-state index in [1.165, 1.54) is 34.2 Å². The maximum Gasteiger partial charge on any atom is 0.236 e. The van der Waals surface area contributed by atoms with Crippen LogP contribution in [0.3, 0.4) is 0 Å². The summed E-state index contributed by atoms with van der Waals surface area (Å²) >= 11 is 2.33. The van der Waals surface area contributed by atoms with E-state index in [4.69, 9.17) is 0 Å². The number of benzene rings is 2. The Labute approximate surface area is 171 Å². The summed E-state index contributed by atoms with van der Waals surface area (Å²) in [5, 5.41) is 16.3. The minimum atomic E-state index is -0.470. The van der Waals surface area contributed by atoms with E-state index in [-0.39, 0.29) is 28.3 Å². The first-order valence-corrected chi connectivity index (χ1v) is 10.1. The summed E-state index contributed by atoms with van der Waals surface area (Å²) in [6.45, 7) is 0. The van der Waals surface area contributed by atoms with E-state index < -0.39 is 5.82 Å². The molecule has 1 amide bonds. The third kappa shape index (κ3) is 4.46. The van der Waals surface area contributed by atoms with Gasteiger partial charge in [0.25, 0.3) is 0 Å². The molecule has 0 radical (unpaired) electrons. The van der Waals surface area contributed by atoms with Gasteiger partial charge in [-0.3, -0.25) is 4.79 Å². The van der Waals surface area contributed by atoms with Crippen molar-refractivity contribution in [3.05, 3.63) is 65.5 Å². The molecule has 4 rings (SSSR count). The molecule has 2 aromatic heterocycles. The fourth-order valence-electron chi connectivity index (χ4n) is 2.41. The van der Waals surface area contributed by atoms with Crippen molar-refractivity contribution >= 4 is 34.1 Å². The molecule has 0 bridgehead atoms. The maximum atomic E-state index is 14.0. The predicted octanol–water partition coefficient (Wildman–Crippen LogP) is 3.79. The van der Waals surface area contributed by atoms with Gasteiger partial charge in [-0.25, -0.2) is 13.8 Å². The number of nitrogens with zero attached hydrogens (tertiary/aromatic N) is 5. The van der Waals surface area contributed by atoms with E-state index in [1.54, 1.807) is 35.7 Å². The molecule has 0 aliphatic rings. The lowest BCUT2D eigenvalue weighted by atomic mass is 10.2. The molecule has 7 nitrogen and oxygen atoms in total. The van der Waals surface area contributed by atoms with Crippen LogP contribution in [-0.2, 0) is 4.79 Å². The van der Waals surface area contributed by atoms with Gasteiger partial charge >= 0.3 is 0 Å². The van der Waals surface area contributed by atoms with Crippen molar-refractivity contribution in [1.29, 1.82) is 0 Å². The molecule has 2 heterocycles. The highest BCUT2D eigenvalue weighted by atomic mass is 32.2. The number of anilines is 1. The van der Waals surface area contributed by atoms with Crippen molar-refractivity contribution in [3.63, 3.8) is 0 Å². The molecule has 1 N–H and O–H groups in total. The van der Waals surface area contributed by atoms with E-state index in [9.17, 15) is 13.6 Å². The quantitative estimate of drug-likeness (QED) is 0.469. The van der Waals surface area contributed by atoms with Gasteiger partial charge in [-0.2, -0.15) is 4.68 Å². The molecule has 29 heavy (non-hydrogen) atoms. The standard InChI is InChI=1S/C18H12F2N6OS2/c19-12-7-5-11(6-8-12)14-9-28-17(21-14)22-16(27)10-29-18-23-24-25-26(18)15-4-2-1-3-13(15)20/h1-9H,10H2,(H,21,22,27). The number of rotatable bonds is 6. The Balaban J connectivity index is 1.39. The first kappa shape index (κ1) is 19.2. The highest BCUT2D eigenvalue weighted by Gasteiger charge is 2.15. The van der Waals surface area contributed by atoms with E-state index >= 15 is 0 Å². The van der Waals surface area contributed by atoms with E-state index in [0.717, 1.165) is 17.3 Å². The number of hydrogen-bond donors (Lipinski definition) is 1. The summed E-state index contributed by atoms with van der Waals surface area (Å²) in [5.41, 5.74) is 1.59. The van der Waals surface area contributed by atoms with Crippen LogP contribution in [0.25, 0.3) is 16.9 Å². The molecular formula is C18H12F2N6OS2. The molecule has 0 aliphatic heterocycles. The second kappa shape index (κ2) is 8.45. The van der Waals surface area contributed by atoms with Crippen LogP contribution < -0.4 is 5.32 Å². The molecular weight excluding hydrogens is 418 g/mol. The lowest BCUT2D eigenvalue weighted by Crippen LogP contribution is -2.14. The molecule has 146 valence electrons. The van der Waals surface area contributed by atoms with E-state index in [2.05, 4.69) is 25.8 Å².